The highest BCUT2D eigenvalue weighted by Crippen LogP contribution is 2.25. The molecule has 0 atom stereocenters. The van der Waals surface area contributed by atoms with Crippen molar-refractivity contribution in [3.8, 4) is 11.4 Å². The molecule has 142 valence electrons. The number of benzene rings is 2. The van der Waals surface area contributed by atoms with Crippen LogP contribution in [0.1, 0.15) is 23.2 Å². The van der Waals surface area contributed by atoms with Gasteiger partial charge in [-0.1, -0.05) is 29.8 Å². The summed E-state index contributed by atoms with van der Waals surface area (Å²) in [6, 6.07) is 14.5. The summed E-state index contributed by atoms with van der Waals surface area (Å²) in [5.74, 6) is 0.158. The maximum absolute atomic E-state index is 12.6. The summed E-state index contributed by atoms with van der Waals surface area (Å²) < 4.78 is 1.38. The molecular weight excluding hydrogens is 374 g/mol. The van der Waals surface area contributed by atoms with Crippen LogP contribution in [-0.4, -0.2) is 15.5 Å². The predicted octanol–water partition coefficient (Wildman–Crippen LogP) is 4.00. The molecule has 28 heavy (non-hydrogen) atoms. The number of nitrogens with zero attached hydrogens (tertiary/aromatic N) is 2. The zero-order valence-electron chi connectivity index (χ0n) is 15.5. The van der Waals surface area contributed by atoms with Gasteiger partial charge in [0, 0.05) is 28.0 Å². The molecule has 5 nitrogen and oxygen atoms in total. The number of hydrogen-bond donors (Lipinski definition) is 1. The molecule has 3 aromatic rings. The van der Waals surface area contributed by atoms with Gasteiger partial charge in [-0.25, -0.2) is 4.98 Å². The molecule has 0 fully saturated rings. The van der Waals surface area contributed by atoms with E-state index in [0.717, 1.165) is 24.9 Å². The lowest BCUT2D eigenvalue weighted by Gasteiger charge is -2.13. The summed E-state index contributed by atoms with van der Waals surface area (Å²) in [7, 11) is 0. The molecule has 0 spiro atoms. The minimum absolute atomic E-state index is 0.120. The van der Waals surface area contributed by atoms with Gasteiger partial charge in [-0.05, 0) is 61.6 Å². The third kappa shape index (κ3) is 3.85. The van der Waals surface area contributed by atoms with Crippen LogP contribution < -0.4 is 10.9 Å². The van der Waals surface area contributed by atoms with E-state index in [1.165, 1.54) is 21.8 Å². The van der Waals surface area contributed by atoms with Gasteiger partial charge >= 0.3 is 0 Å². The van der Waals surface area contributed by atoms with E-state index >= 15 is 0 Å². The van der Waals surface area contributed by atoms with Crippen LogP contribution in [0.5, 0.6) is 0 Å². The van der Waals surface area contributed by atoms with E-state index in [0.29, 0.717) is 22.1 Å². The van der Waals surface area contributed by atoms with Gasteiger partial charge in [-0.15, -0.1) is 0 Å². The molecule has 0 saturated heterocycles. The number of anilines is 1. The van der Waals surface area contributed by atoms with Gasteiger partial charge in [0.25, 0.3) is 5.56 Å². The Morgan fingerprint density at radius 2 is 1.96 bits per heavy atom. The molecule has 0 bridgehead atoms. The normalized spacial score (nSPS) is 12.6. The van der Waals surface area contributed by atoms with E-state index in [1.807, 2.05) is 18.2 Å². The van der Waals surface area contributed by atoms with E-state index in [9.17, 15) is 9.59 Å². The standard InChI is InChI=1S/C22H20ClN3O2/c1-14-10-21(28)26(22(24-14)17-6-3-7-18(23)11-17)13-20(27)25-19-9-8-15-4-2-5-16(15)12-19/h3,6-12H,2,4-5,13H2,1H3,(H,25,27). The lowest BCUT2D eigenvalue weighted by Crippen LogP contribution is -2.29. The summed E-state index contributed by atoms with van der Waals surface area (Å²) >= 11 is 6.09. The van der Waals surface area contributed by atoms with Crippen molar-refractivity contribution in [1.82, 2.24) is 9.55 Å². The van der Waals surface area contributed by atoms with Crippen LogP contribution in [0.3, 0.4) is 0 Å². The van der Waals surface area contributed by atoms with Crippen LogP contribution in [0, 0.1) is 6.92 Å². The van der Waals surface area contributed by atoms with Crippen molar-refractivity contribution in [2.75, 3.05) is 5.32 Å². The lowest BCUT2D eigenvalue weighted by molar-refractivity contribution is -0.116. The van der Waals surface area contributed by atoms with Crippen molar-refractivity contribution in [2.24, 2.45) is 0 Å². The number of carbonyl (C=O) groups is 1. The molecule has 1 aromatic heterocycles. The van der Waals surface area contributed by atoms with E-state index < -0.39 is 0 Å². The van der Waals surface area contributed by atoms with E-state index in [2.05, 4.69) is 16.4 Å². The fourth-order valence-electron chi connectivity index (χ4n) is 3.62. The van der Waals surface area contributed by atoms with Crippen LogP contribution in [0.25, 0.3) is 11.4 Å². The molecule has 1 aliphatic carbocycles. The van der Waals surface area contributed by atoms with Crippen LogP contribution in [-0.2, 0) is 24.2 Å². The molecule has 0 saturated carbocycles. The monoisotopic (exact) mass is 393 g/mol. The van der Waals surface area contributed by atoms with Gasteiger partial charge in [0.05, 0.1) is 0 Å². The van der Waals surface area contributed by atoms with Crippen molar-refractivity contribution < 1.29 is 4.79 Å². The second-order valence-electron chi connectivity index (χ2n) is 7.04. The van der Waals surface area contributed by atoms with Crippen LogP contribution in [0.2, 0.25) is 5.02 Å². The van der Waals surface area contributed by atoms with Gasteiger partial charge in [-0.2, -0.15) is 0 Å². The summed E-state index contributed by atoms with van der Waals surface area (Å²) in [6.07, 6.45) is 3.29. The summed E-state index contributed by atoms with van der Waals surface area (Å²) in [5.41, 5.74) is 4.40. The topological polar surface area (TPSA) is 64.0 Å². The third-order valence-corrected chi connectivity index (χ3v) is 5.14. The number of amides is 1. The highest BCUT2D eigenvalue weighted by Gasteiger charge is 2.15. The molecule has 0 unspecified atom stereocenters. The minimum atomic E-state index is -0.272. The van der Waals surface area contributed by atoms with Crippen molar-refractivity contribution in [3.05, 3.63) is 80.7 Å². The summed E-state index contributed by atoms with van der Waals surface area (Å²) in [4.78, 5) is 29.7. The Morgan fingerprint density at radius 3 is 2.79 bits per heavy atom. The van der Waals surface area contributed by atoms with Crippen molar-refractivity contribution in [2.45, 2.75) is 32.7 Å². The number of aromatic nitrogens is 2. The Hall–Kier alpha value is -2.92. The summed E-state index contributed by atoms with van der Waals surface area (Å²) in [6.45, 7) is 1.63. The van der Waals surface area contributed by atoms with Crippen molar-refractivity contribution in [1.29, 1.82) is 0 Å². The Bertz CT molecular complexity index is 1120. The Kier molecular flexibility index (Phi) is 5.01. The number of hydrogen-bond acceptors (Lipinski definition) is 3. The molecule has 1 aliphatic rings. The highest BCUT2D eigenvalue weighted by atomic mass is 35.5. The van der Waals surface area contributed by atoms with Gasteiger partial charge in [0.1, 0.15) is 12.4 Å². The first-order valence-electron chi connectivity index (χ1n) is 9.26. The first-order chi connectivity index (χ1) is 13.5. The SMILES string of the molecule is Cc1cc(=O)n(CC(=O)Nc2ccc3c(c2)CCC3)c(-c2cccc(Cl)c2)n1. The van der Waals surface area contributed by atoms with Gasteiger partial charge < -0.3 is 5.32 Å². The van der Waals surface area contributed by atoms with Gasteiger partial charge in [-0.3, -0.25) is 14.2 Å². The summed E-state index contributed by atoms with van der Waals surface area (Å²) in [5, 5.41) is 3.44. The maximum atomic E-state index is 12.6. The Balaban J connectivity index is 1.62. The smallest absolute Gasteiger partial charge is 0.254 e. The minimum Gasteiger partial charge on any atom is -0.325 e. The van der Waals surface area contributed by atoms with E-state index in [4.69, 9.17) is 11.6 Å². The van der Waals surface area contributed by atoms with E-state index in [1.54, 1.807) is 25.1 Å². The second kappa shape index (κ2) is 7.60. The number of nitrogens with one attached hydrogen (secondary N) is 1. The first kappa shape index (κ1) is 18.4. The molecule has 1 amide bonds. The highest BCUT2D eigenvalue weighted by molar-refractivity contribution is 6.30. The Morgan fingerprint density at radius 1 is 1.14 bits per heavy atom. The average molecular weight is 394 g/mol. The molecule has 0 aliphatic heterocycles. The Labute approximate surface area is 168 Å². The zero-order chi connectivity index (χ0) is 19.7. The van der Waals surface area contributed by atoms with Crippen LogP contribution in [0.15, 0.2) is 53.3 Å². The third-order valence-electron chi connectivity index (χ3n) is 4.90. The number of aryl methyl sites for hydroxylation is 3. The number of rotatable bonds is 4. The number of carbonyl (C=O) groups excluding carboxylic acids is 1. The van der Waals surface area contributed by atoms with Crippen molar-refractivity contribution in [3.63, 3.8) is 0 Å². The molecular formula is C22H20ClN3O2. The fourth-order valence-corrected chi connectivity index (χ4v) is 3.81. The number of halogens is 1. The fraction of sp³-hybridized carbons (Fsp3) is 0.227. The molecule has 6 heteroatoms. The molecule has 0 radical (unpaired) electrons. The largest absolute Gasteiger partial charge is 0.325 e. The van der Waals surface area contributed by atoms with Crippen LogP contribution in [0.4, 0.5) is 5.69 Å². The predicted molar refractivity (Wildman–Crippen MR) is 111 cm³/mol. The van der Waals surface area contributed by atoms with Crippen LogP contribution >= 0.6 is 11.6 Å². The maximum Gasteiger partial charge on any atom is 0.254 e. The quantitative estimate of drug-likeness (QED) is 0.728. The van der Waals surface area contributed by atoms with E-state index in [-0.39, 0.29) is 18.0 Å². The average Bonchev–Trinajstić information content (AvgIpc) is 3.11. The molecule has 1 N–H and O–H groups in total. The lowest BCUT2D eigenvalue weighted by atomic mass is 10.1. The second-order valence-corrected chi connectivity index (χ2v) is 7.48. The number of fused-ring (bicyclic) bond motifs is 1. The molecule has 4 rings (SSSR count). The van der Waals surface area contributed by atoms with Gasteiger partial charge in [0.15, 0.2) is 0 Å². The van der Waals surface area contributed by atoms with Crippen molar-refractivity contribution >= 4 is 23.2 Å². The molecule has 1 heterocycles. The van der Waals surface area contributed by atoms with Gasteiger partial charge in [0.2, 0.25) is 5.91 Å². The zero-order valence-corrected chi connectivity index (χ0v) is 16.3. The first-order valence-corrected chi connectivity index (χ1v) is 9.63. The molecule has 2 aromatic carbocycles.